The maximum Gasteiger partial charge on any atom is 0.391 e. The molecule has 0 saturated carbocycles. The van der Waals surface area contributed by atoms with Crippen LogP contribution in [0, 0.1) is 0 Å². The third kappa shape index (κ3) is 1.89. The Labute approximate surface area is 55.4 Å². The van der Waals surface area contributed by atoms with Gasteiger partial charge in [-0.2, -0.15) is 13.2 Å². The number of halogens is 3. The predicted octanol–water partition coefficient (Wildman–Crippen LogP) is 0.827. The molecule has 58 valence electrons. The van der Waals surface area contributed by atoms with Crippen LogP contribution in [0.1, 0.15) is 12.8 Å². The summed E-state index contributed by atoms with van der Waals surface area (Å²) in [5.74, 6) is -0.297. The number of carbonyl (C=O) groups excluding carboxylic acids is 1. The maximum atomic E-state index is 11.5. The second kappa shape index (κ2) is 2.14. The van der Waals surface area contributed by atoms with Crippen molar-refractivity contribution in [2.45, 2.75) is 25.1 Å². The zero-order valence-electron chi connectivity index (χ0n) is 5.03. The third-order valence-corrected chi connectivity index (χ3v) is 1.27. The molecule has 5 heteroatoms. The van der Waals surface area contributed by atoms with Crippen LogP contribution in [-0.4, -0.2) is 18.1 Å². The molecule has 0 aromatic rings. The van der Waals surface area contributed by atoms with E-state index in [1.165, 1.54) is 0 Å². The molecule has 10 heavy (non-hydrogen) atoms. The Morgan fingerprint density at radius 3 is 2.40 bits per heavy atom. The molecular formula is C5H6F3NO. The number of β-lactam (4-membered cyclic amide) rings is 1. The van der Waals surface area contributed by atoms with Crippen LogP contribution < -0.4 is 5.32 Å². The molecule has 0 aliphatic carbocycles. The molecule has 1 atom stereocenters. The molecule has 1 fully saturated rings. The Morgan fingerprint density at radius 2 is 2.10 bits per heavy atom. The summed E-state index contributed by atoms with van der Waals surface area (Å²) in [7, 11) is 0. The van der Waals surface area contributed by atoms with Crippen LogP contribution in [-0.2, 0) is 4.79 Å². The number of rotatable bonds is 1. The van der Waals surface area contributed by atoms with Crippen LogP contribution in [0.25, 0.3) is 0 Å². The van der Waals surface area contributed by atoms with Gasteiger partial charge in [0.05, 0.1) is 6.42 Å². The molecule has 1 rings (SSSR count). The largest absolute Gasteiger partial charge is 0.391 e. The molecule has 1 aliphatic heterocycles. The topological polar surface area (TPSA) is 29.1 Å². The van der Waals surface area contributed by atoms with Gasteiger partial charge in [0.25, 0.3) is 0 Å². The van der Waals surface area contributed by atoms with Crippen molar-refractivity contribution >= 4 is 5.91 Å². The monoisotopic (exact) mass is 153 g/mol. The van der Waals surface area contributed by atoms with Gasteiger partial charge in [-0.15, -0.1) is 0 Å². The summed E-state index contributed by atoms with van der Waals surface area (Å²) in [5, 5.41) is 2.14. The Balaban J connectivity index is 2.22. The lowest BCUT2D eigenvalue weighted by Gasteiger charge is -2.27. The van der Waals surface area contributed by atoms with Crippen LogP contribution in [0.5, 0.6) is 0 Å². The standard InChI is InChI=1S/C5H6F3NO/c6-5(7,8)2-3-1-4(10)9-3/h3H,1-2H2,(H,9,10)/t3-/m0/s1. The number of carbonyl (C=O) groups is 1. The van der Waals surface area contributed by atoms with E-state index in [4.69, 9.17) is 0 Å². The summed E-state index contributed by atoms with van der Waals surface area (Å²) in [4.78, 5) is 10.1. The summed E-state index contributed by atoms with van der Waals surface area (Å²) in [5.41, 5.74) is 0. The minimum Gasteiger partial charge on any atom is -0.352 e. The third-order valence-electron chi connectivity index (χ3n) is 1.27. The van der Waals surface area contributed by atoms with E-state index in [0.29, 0.717) is 0 Å². The summed E-state index contributed by atoms with van der Waals surface area (Å²) >= 11 is 0. The summed E-state index contributed by atoms with van der Waals surface area (Å²) in [6.45, 7) is 0. The van der Waals surface area contributed by atoms with Crippen molar-refractivity contribution in [3.8, 4) is 0 Å². The van der Waals surface area contributed by atoms with Gasteiger partial charge < -0.3 is 5.32 Å². The van der Waals surface area contributed by atoms with E-state index in [9.17, 15) is 18.0 Å². The van der Waals surface area contributed by atoms with Crippen LogP contribution in [0.4, 0.5) is 13.2 Å². The number of hydrogen-bond donors (Lipinski definition) is 1. The molecule has 0 radical (unpaired) electrons. The highest BCUT2D eigenvalue weighted by atomic mass is 19.4. The number of hydrogen-bond acceptors (Lipinski definition) is 1. The van der Waals surface area contributed by atoms with Crippen LogP contribution in [0.3, 0.4) is 0 Å². The summed E-state index contributed by atoms with van der Waals surface area (Å²) in [6, 6.07) is -0.674. The highest BCUT2D eigenvalue weighted by molar-refractivity contribution is 5.82. The highest BCUT2D eigenvalue weighted by Gasteiger charge is 2.37. The Hall–Kier alpha value is -0.740. The average molecular weight is 153 g/mol. The lowest BCUT2D eigenvalue weighted by Crippen LogP contribution is -2.50. The van der Waals surface area contributed by atoms with Gasteiger partial charge in [-0.3, -0.25) is 4.79 Å². The Bertz CT molecular complexity index is 145. The molecule has 1 saturated heterocycles. The fraction of sp³-hybridized carbons (Fsp3) is 0.800. The van der Waals surface area contributed by atoms with Crippen LogP contribution in [0.15, 0.2) is 0 Å². The zero-order valence-corrected chi connectivity index (χ0v) is 5.03. The smallest absolute Gasteiger partial charge is 0.352 e. The van der Waals surface area contributed by atoms with Crippen molar-refractivity contribution in [3.05, 3.63) is 0 Å². The molecule has 1 N–H and O–H groups in total. The molecule has 0 unspecified atom stereocenters. The van der Waals surface area contributed by atoms with Crippen molar-refractivity contribution in [3.63, 3.8) is 0 Å². The van der Waals surface area contributed by atoms with Crippen LogP contribution in [0.2, 0.25) is 0 Å². The molecule has 1 heterocycles. The fourth-order valence-electron chi connectivity index (χ4n) is 0.833. The first kappa shape index (κ1) is 7.37. The van der Waals surface area contributed by atoms with E-state index in [1.807, 2.05) is 0 Å². The van der Waals surface area contributed by atoms with Gasteiger partial charge in [0.15, 0.2) is 0 Å². The van der Waals surface area contributed by atoms with Crippen molar-refractivity contribution in [1.82, 2.24) is 5.32 Å². The number of alkyl halides is 3. The fourth-order valence-corrected chi connectivity index (χ4v) is 0.833. The summed E-state index contributed by atoms with van der Waals surface area (Å²) < 4.78 is 34.5. The molecule has 0 aromatic heterocycles. The van der Waals surface area contributed by atoms with E-state index in [0.717, 1.165) is 0 Å². The molecule has 0 aromatic carbocycles. The molecule has 0 bridgehead atoms. The second-order valence-electron chi connectivity index (χ2n) is 2.29. The van der Waals surface area contributed by atoms with Crippen molar-refractivity contribution < 1.29 is 18.0 Å². The molecular weight excluding hydrogens is 147 g/mol. The van der Waals surface area contributed by atoms with E-state index >= 15 is 0 Å². The van der Waals surface area contributed by atoms with Crippen molar-refractivity contribution in [1.29, 1.82) is 0 Å². The van der Waals surface area contributed by atoms with Crippen molar-refractivity contribution in [2.75, 3.05) is 0 Å². The van der Waals surface area contributed by atoms with Gasteiger partial charge in [-0.1, -0.05) is 0 Å². The van der Waals surface area contributed by atoms with Gasteiger partial charge >= 0.3 is 6.18 Å². The zero-order chi connectivity index (χ0) is 7.78. The maximum absolute atomic E-state index is 11.5. The van der Waals surface area contributed by atoms with E-state index in [1.54, 1.807) is 0 Å². The normalized spacial score (nSPS) is 25.5. The van der Waals surface area contributed by atoms with E-state index in [2.05, 4.69) is 5.32 Å². The van der Waals surface area contributed by atoms with Crippen LogP contribution >= 0.6 is 0 Å². The first-order chi connectivity index (χ1) is 4.47. The van der Waals surface area contributed by atoms with Gasteiger partial charge in [-0.25, -0.2) is 0 Å². The molecule has 0 spiro atoms. The average Bonchev–Trinajstić information content (AvgIpc) is 1.57. The van der Waals surface area contributed by atoms with E-state index in [-0.39, 0.29) is 12.3 Å². The predicted molar refractivity (Wildman–Crippen MR) is 27.2 cm³/mol. The van der Waals surface area contributed by atoms with Gasteiger partial charge in [0.2, 0.25) is 5.91 Å². The quantitative estimate of drug-likeness (QED) is 0.555. The number of amides is 1. The second-order valence-corrected chi connectivity index (χ2v) is 2.29. The van der Waals surface area contributed by atoms with Gasteiger partial charge in [-0.05, 0) is 0 Å². The molecule has 1 aliphatic rings. The Kier molecular flexibility index (Phi) is 1.58. The molecule has 2 nitrogen and oxygen atoms in total. The lowest BCUT2D eigenvalue weighted by molar-refractivity contribution is -0.151. The van der Waals surface area contributed by atoms with Gasteiger partial charge in [0, 0.05) is 12.5 Å². The summed E-state index contributed by atoms with van der Waals surface area (Å²) in [6.07, 6.45) is -5.05. The molecule has 1 amide bonds. The SMILES string of the molecule is O=C1C[C@@H](CC(F)(F)F)N1. The minimum absolute atomic E-state index is 0.0134. The first-order valence-corrected chi connectivity index (χ1v) is 2.83. The van der Waals surface area contributed by atoms with Gasteiger partial charge in [0.1, 0.15) is 0 Å². The first-order valence-electron chi connectivity index (χ1n) is 2.83. The lowest BCUT2D eigenvalue weighted by atomic mass is 10.0. The Morgan fingerprint density at radius 1 is 1.60 bits per heavy atom. The number of nitrogens with one attached hydrogen (secondary N) is 1. The highest BCUT2D eigenvalue weighted by Crippen LogP contribution is 2.25. The van der Waals surface area contributed by atoms with E-state index < -0.39 is 18.6 Å². The minimum atomic E-state index is -4.15. The van der Waals surface area contributed by atoms with Crippen molar-refractivity contribution in [2.24, 2.45) is 0 Å².